The first-order valence-corrected chi connectivity index (χ1v) is 12.5. The fourth-order valence-electron chi connectivity index (χ4n) is 3.48. The predicted molar refractivity (Wildman–Crippen MR) is 109 cm³/mol. The quantitative estimate of drug-likeness (QED) is 0.183. The summed E-state index contributed by atoms with van der Waals surface area (Å²) in [7, 11) is -4.17. The van der Waals surface area contributed by atoms with Crippen molar-refractivity contribution in [1.29, 1.82) is 0 Å². The Morgan fingerprint density at radius 1 is 0.667 bits per heavy atom. The van der Waals surface area contributed by atoms with Crippen LogP contribution in [0.15, 0.2) is 0 Å². The summed E-state index contributed by atoms with van der Waals surface area (Å²) in [5.41, 5.74) is 0. The molecule has 158 valence electrons. The van der Waals surface area contributed by atoms with Gasteiger partial charge in [-0.25, -0.2) is 8.42 Å². The standard InChI is InChI=1S/C21H44O4S.K/c1-2-3-4-5-6-7-8-9-10-11-12-15-18-21(26(23,24)25)19-16-13-14-17-20-22;/h21-22H,2-20H2,1H3,(H,23,24,25);/q;+1/p-1. The summed E-state index contributed by atoms with van der Waals surface area (Å²) in [6, 6.07) is 0. The smallest absolute Gasteiger partial charge is 0.748 e. The number of hydrogen-bond acceptors (Lipinski definition) is 4. The molecule has 1 unspecified atom stereocenters. The Labute approximate surface area is 211 Å². The van der Waals surface area contributed by atoms with E-state index in [1.165, 1.54) is 57.8 Å². The average Bonchev–Trinajstić information content (AvgIpc) is 2.59. The van der Waals surface area contributed by atoms with Crippen LogP contribution in [0.2, 0.25) is 0 Å². The molecule has 0 saturated carbocycles. The molecule has 0 aliphatic rings. The molecule has 0 saturated heterocycles. The Kier molecular flexibility index (Phi) is 25.2. The minimum absolute atomic E-state index is 0. The molecule has 0 aromatic heterocycles. The summed E-state index contributed by atoms with van der Waals surface area (Å²) in [5.74, 6) is 0. The van der Waals surface area contributed by atoms with Crippen LogP contribution in [0.25, 0.3) is 0 Å². The van der Waals surface area contributed by atoms with Gasteiger partial charge in [0, 0.05) is 11.9 Å². The zero-order valence-corrected chi connectivity index (χ0v) is 22.0. The van der Waals surface area contributed by atoms with Gasteiger partial charge in [0.05, 0.1) is 10.1 Å². The van der Waals surface area contributed by atoms with Gasteiger partial charge in [0.25, 0.3) is 0 Å². The minimum Gasteiger partial charge on any atom is -0.748 e. The Hall–Kier alpha value is 1.51. The molecule has 0 amide bonds. The van der Waals surface area contributed by atoms with Gasteiger partial charge in [-0.1, -0.05) is 103 Å². The van der Waals surface area contributed by atoms with Crippen molar-refractivity contribution in [3.05, 3.63) is 0 Å². The Bertz CT molecular complexity index is 388. The maximum absolute atomic E-state index is 11.4. The second-order valence-electron chi connectivity index (χ2n) is 7.72. The van der Waals surface area contributed by atoms with Gasteiger partial charge in [0.1, 0.15) is 0 Å². The van der Waals surface area contributed by atoms with Gasteiger partial charge < -0.3 is 9.66 Å². The molecule has 1 N–H and O–H groups in total. The van der Waals surface area contributed by atoms with E-state index < -0.39 is 15.4 Å². The van der Waals surface area contributed by atoms with Gasteiger partial charge in [-0.2, -0.15) is 0 Å². The van der Waals surface area contributed by atoms with E-state index in [9.17, 15) is 13.0 Å². The summed E-state index contributed by atoms with van der Waals surface area (Å²) >= 11 is 0. The normalized spacial score (nSPS) is 12.7. The fraction of sp³-hybridized carbons (Fsp3) is 1.00. The van der Waals surface area contributed by atoms with Crippen molar-refractivity contribution in [2.24, 2.45) is 0 Å². The topological polar surface area (TPSA) is 77.4 Å². The zero-order chi connectivity index (χ0) is 19.5. The summed E-state index contributed by atoms with van der Waals surface area (Å²) in [4.78, 5) is 0. The van der Waals surface area contributed by atoms with Crippen LogP contribution in [-0.4, -0.2) is 29.9 Å². The van der Waals surface area contributed by atoms with E-state index in [1.54, 1.807) is 0 Å². The molecule has 0 aliphatic carbocycles. The second-order valence-corrected chi connectivity index (χ2v) is 9.37. The molecule has 6 heteroatoms. The van der Waals surface area contributed by atoms with Crippen molar-refractivity contribution in [3.8, 4) is 0 Å². The van der Waals surface area contributed by atoms with E-state index in [0.717, 1.165) is 44.9 Å². The number of aliphatic hydroxyl groups excluding tert-OH is 1. The molecule has 4 nitrogen and oxygen atoms in total. The molecular formula is C21H43KO4S. The van der Waals surface area contributed by atoms with Gasteiger partial charge in [-0.05, 0) is 19.3 Å². The first kappa shape index (κ1) is 30.7. The van der Waals surface area contributed by atoms with Crippen LogP contribution in [0.4, 0.5) is 0 Å². The molecule has 0 aromatic carbocycles. The molecule has 0 spiro atoms. The number of aliphatic hydroxyl groups is 1. The molecular weight excluding hydrogens is 387 g/mol. The molecule has 1 atom stereocenters. The Balaban J connectivity index is 0. The predicted octanol–water partition coefficient (Wildman–Crippen LogP) is 2.94. The van der Waals surface area contributed by atoms with Crippen LogP contribution in [0.5, 0.6) is 0 Å². The third kappa shape index (κ3) is 22.0. The molecule has 27 heavy (non-hydrogen) atoms. The summed E-state index contributed by atoms with van der Waals surface area (Å²) < 4.78 is 34.2. The van der Waals surface area contributed by atoms with E-state index in [0.29, 0.717) is 12.8 Å². The van der Waals surface area contributed by atoms with Crippen molar-refractivity contribution in [2.45, 2.75) is 128 Å². The van der Waals surface area contributed by atoms with Gasteiger partial charge in [-0.3, -0.25) is 0 Å². The first-order chi connectivity index (χ1) is 12.5. The summed E-state index contributed by atoms with van der Waals surface area (Å²) in [6.45, 7) is 2.43. The van der Waals surface area contributed by atoms with E-state index in [1.807, 2.05) is 0 Å². The Morgan fingerprint density at radius 3 is 1.33 bits per heavy atom. The van der Waals surface area contributed by atoms with E-state index in [-0.39, 0.29) is 58.0 Å². The second kappa shape index (κ2) is 22.2. The van der Waals surface area contributed by atoms with Gasteiger partial charge in [0.15, 0.2) is 0 Å². The number of hydrogen-bond donors (Lipinski definition) is 1. The minimum atomic E-state index is -4.17. The van der Waals surface area contributed by atoms with Crippen molar-refractivity contribution >= 4 is 10.1 Å². The summed E-state index contributed by atoms with van der Waals surface area (Å²) in [5, 5.41) is 8.03. The van der Waals surface area contributed by atoms with Crippen molar-refractivity contribution in [3.63, 3.8) is 0 Å². The third-order valence-corrected chi connectivity index (χ3v) is 6.51. The van der Waals surface area contributed by atoms with Gasteiger partial charge in [0.2, 0.25) is 0 Å². The van der Waals surface area contributed by atoms with Crippen LogP contribution in [0, 0.1) is 0 Å². The molecule has 0 rings (SSSR count). The van der Waals surface area contributed by atoms with E-state index in [4.69, 9.17) is 5.11 Å². The third-order valence-electron chi connectivity index (χ3n) is 5.22. The monoisotopic (exact) mass is 430 g/mol. The van der Waals surface area contributed by atoms with Crippen LogP contribution in [-0.2, 0) is 10.1 Å². The molecule has 0 aromatic rings. The maximum atomic E-state index is 11.4. The van der Waals surface area contributed by atoms with E-state index in [2.05, 4.69) is 6.92 Å². The Morgan fingerprint density at radius 2 is 1.00 bits per heavy atom. The van der Waals surface area contributed by atoms with E-state index >= 15 is 0 Å². The average molecular weight is 431 g/mol. The first-order valence-electron chi connectivity index (χ1n) is 11.1. The van der Waals surface area contributed by atoms with Crippen molar-refractivity contribution in [2.75, 3.05) is 6.61 Å². The summed E-state index contributed by atoms with van der Waals surface area (Å²) in [6.07, 6.45) is 19.3. The van der Waals surface area contributed by atoms with Crippen LogP contribution < -0.4 is 51.4 Å². The molecule has 0 radical (unpaired) electrons. The van der Waals surface area contributed by atoms with Gasteiger partial charge in [-0.15, -0.1) is 0 Å². The van der Waals surface area contributed by atoms with Crippen molar-refractivity contribution in [1.82, 2.24) is 0 Å². The van der Waals surface area contributed by atoms with Gasteiger partial charge >= 0.3 is 51.4 Å². The molecule has 0 heterocycles. The SMILES string of the molecule is CCCCCCCCCCCCCCC(CCCCCCO)S(=O)(=O)[O-].[K+]. The molecule has 0 bridgehead atoms. The van der Waals surface area contributed by atoms with Crippen LogP contribution >= 0.6 is 0 Å². The van der Waals surface area contributed by atoms with Crippen molar-refractivity contribution < 1.29 is 69.5 Å². The molecule has 0 aliphatic heterocycles. The van der Waals surface area contributed by atoms with Crippen LogP contribution in [0.3, 0.4) is 0 Å². The zero-order valence-electron chi connectivity index (χ0n) is 18.1. The largest absolute Gasteiger partial charge is 1.00 e. The fourth-order valence-corrected chi connectivity index (χ4v) is 4.39. The number of rotatable bonds is 20. The maximum Gasteiger partial charge on any atom is 1.00 e. The number of unbranched alkanes of at least 4 members (excludes halogenated alkanes) is 14. The van der Waals surface area contributed by atoms with Crippen LogP contribution in [0.1, 0.15) is 122 Å². The molecule has 0 fully saturated rings.